The lowest BCUT2D eigenvalue weighted by molar-refractivity contribution is -0.135. The Balaban J connectivity index is 1.47. The van der Waals surface area contributed by atoms with E-state index in [1.54, 1.807) is 34.1 Å². The number of likely N-dealkylation sites (N-methyl/N-ethyl adjacent to an activating group) is 1. The molecular formula is C24H32FN5O3. The standard InChI is InChI=1S/C24H32FN5O3/c1-3-30-17-19(15-26-30)24(32)29-9-8-22(33-21-6-4-20(25)5-7-21)18(16-29)14-23(31)28-12-10-27(2)11-13-28/h4-7,15,17-18,22H,3,8-14,16H2,1-2H3/t18-,22-/m0/s1. The number of carbonyl (C=O) groups is 2. The summed E-state index contributed by atoms with van der Waals surface area (Å²) >= 11 is 0. The minimum Gasteiger partial charge on any atom is -0.490 e. The van der Waals surface area contributed by atoms with Gasteiger partial charge in [0.05, 0.1) is 11.8 Å². The van der Waals surface area contributed by atoms with Crippen LogP contribution in [0.4, 0.5) is 4.39 Å². The maximum atomic E-state index is 13.3. The van der Waals surface area contributed by atoms with E-state index < -0.39 is 0 Å². The summed E-state index contributed by atoms with van der Waals surface area (Å²) in [5, 5.41) is 4.21. The maximum absolute atomic E-state index is 13.3. The first kappa shape index (κ1) is 23.2. The number of aryl methyl sites for hydroxylation is 1. The van der Waals surface area contributed by atoms with Crippen molar-refractivity contribution in [1.82, 2.24) is 24.5 Å². The summed E-state index contributed by atoms with van der Waals surface area (Å²) in [4.78, 5) is 32.1. The Kier molecular flexibility index (Phi) is 7.27. The molecular weight excluding hydrogens is 425 g/mol. The lowest BCUT2D eigenvalue weighted by atomic mass is 9.90. The van der Waals surface area contributed by atoms with Gasteiger partial charge in [-0.3, -0.25) is 14.3 Å². The molecule has 1 aromatic carbocycles. The zero-order valence-corrected chi connectivity index (χ0v) is 19.3. The van der Waals surface area contributed by atoms with Crippen LogP contribution in [-0.4, -0.2) is 88.7 Å². The van der Waals surface area contributed by atoms with Crippen molar-refractivity contribution >= 4 is 11.8 Å². The van der Waals surface area contributed by atoms with Gasteiger partial charge in [0, 0.05) is 70.8 Å². The fraction of sp³-hybridized carbons (Fsp3) is 0.542. The average molecular weight is 458 g/mol. The van der Waals surface area contributed by atoms with Crippen LogP contribution in [-0.2, 0) is 11.3 Å². The van der Waals surface area contributed by atoms with Crippen molar-refractivity contribution in [1.29, 1.82) is 0 Å². The molecule has 2 aliphatic rings. The first-order valence-electron chi connectivity index (χ1n) is 11.6. The van der Waals surface area contributed by atoms with Crippen LogP contribution in [0.1, 0.15) is 30.1 Å². The molecule has 1 aromatic heterocycles. The number of benzene rings is 1. The molecule has 9 heteroatoms. The molecule has 2 aliphatic heterocycles. The average Bonchev–Trinajstić information content (AvgIpc) is 3.31. The van der Waals surface area contributed by atoms with Crippen molar-refractivity contribution in [2.24, 2.45) is 5.92 Å². The summed E-state index contributed by atoms with van der Waals surface area (Å²) in [7, 11) is 2.06. The second-order valence-corrected chi connectivity index (χ2v) is 8.88. The van der Waals surface area contributed by atoms with Crippen LogP contribution >= 0.6 is 0 Å². The van der Waals surface area contributed by atoms with E-state index in [4.69, 9.17) is 4.74 Å². The lowest BCUT2D eigenvalue weighted by Crippen LogP contribution is -2.51. The van der Waals surface area contributed by atoms with Gasteiger partial charge in [-0.15, -0.1) is 0 Å². The summed E-state index contributed by atoms with van der Waals surface area (Å²) < 4.78 is 21.2. The number of carbonyl (C=O) groups excluding carboxylic acids is 2. The number of rotatable bonds is 6. The van der Waals surface area contributed by atoms with Gasteiger partial charge in [-0.2, -0.15) is 5.10 Å². The molecule has 0 spiro atoms. The van der Waals surface area contributed by atoms with Crippen LogP contribution < -0.4 is 4.74 Å². The van der Waals surface area contributed by atoms with Gasteiger partial charge < -0.3 is 19.4 Å². The molecule has 8 nitrogen and oxygen atoms in total. The molecule has 0 aliphatic carbocycles. The summed E-state index contributed by atoms with van der Waals surface area (Å²) in [6.07, 6.45) is 4.04. The topological polar surface area (TPSA) is 70.9 Å². The Hall–Kier alpha value is -2.94. The smallest absolute Gasteiger partial charge is 0.257 e. The second-order valence-electron chi connectivity index (χ2n) is 8.88. The van der Waals surface area contributed by atoms with Crippen molar-refractivity contribution in [3.05, 3.63) is 48.0 Å². The van der Waals surface area contributed by atoms with Gasteiger partial charge in [0.25, 0.3) is 5.91 Å². The second kappa shape index (κ2) is 10.3. The van der Waals surface area contributed by atoms with E-state index in [9.17, 15) is 14.0 Å². The highest BCUT2D eigenvalue weighted by molar-refractivity contribution is 5.93. The number of ether oxygens (including phenoxy) is 1. The molecule has 0 radical (unpaired) electrons. The number of halogens is 1. The quantitative estimate of drug-likeness (QED) is 0.665. The minimum atomic E-state index is -0.322. The maximum Gasteiger partial charge on any atom is 0.257 e. The van der Waals surface area contributed by atoms with Gasteiger partial charge in [0.15, 0.2) is 0 Å². The van der Waals surface area contributed by atoms with Crippen molar-refractivity contribution in [3.8, 4) is 5.75 Å². The molecule has 4 rings (SSSR count). The van der Waals surface area contributed by atoms with Crippen LogP contribution in [0.5, 0.6) is 5.75 Å². The third-order valence-electron chi connectivity index (χ3n) is 6.55. The van der Waals surface area contributed by atoms with Crippen LogP contribution in [0.15, 0.2) is 36.7 Å². The summed E-state index contributed by atoms with van der Waals surface area (Å²) in [5.74, 6) is 0.113. The molecule has 0 bridgehead atoms. The molecule has 2 amide bonds. The van der Waals surface area contributed by atoms with Crippen LogP contribution in [0.25, 0.3) is 0 Å². The van der Waals surface area contributed by atoms with Gasteiger partial charge in [0.1, 0.15) is 17.7 Å². The third kappa shape index (κ3) is 5.71. The summed E-state index contributed by atoms with van der Waals surface area (Å²) in [6, 6.07) is 5.93. The van der Waals surface area contributed by atoms with E-state index in [2.05, 4.69) is 17.0 Å². The molecule has 2 aromatic rings. The Morgan fingerprint density at radius 3 is 2.48 bits per heavy atom. The molecule has 0 unspecified atom stereocenters. The van der Waals surface area contributed by atoms with Gasteiger partial charge >= 0.3 is 0 Å². The van der Waals surface area contributed by atoms with E-state index in [0.29, 0.717) is 56.9 Å². The van der Waals surface area contributed by atoms with E-state index in [1.807, 2.05) is 11.8 Å². The molecule has 33 heavy (non-hydrogen) atoms. The van der Waals surface area contributed by atoms with Crippen molar-refractivity contribution < 1.29 is 18.7 Å². The van der Waals surface area contributed by atoms with Crippen LogP contribution in [0, 0.1) is 11.7 Å². The van der Waals surface area contributed by atoms with Crippen molar-refractivity contribution in [3.63, 3.8) is 0 Å². The number of nitrogens with zero attached hydrogens (tertiary/aromatic N) is 5. The van der Waals surface area contributed by atoms with Gasteiger partial charge in [-0.05, 0) is 38.2 Å². The molecule has 2 atom stereocenters. The monoisotopic (exact) mass is 457 g/mol. The Morgan fingerprint density at radius 2 is 1.82 bits per heavy atom. The predicted octanol–water partition coefficient (Wildman–Crippen LogP) is 2.12. The van der Waals surface area contributed by atoms with E-state index in [0.717, 1.165) is 13.1 Å². The van der Waals surface area contributed by atoms with E-state index in [-0.39, 0.29) is 29.7 Å². The molecule has 2 fully saturated rings. The molecule has 178 valence electrons. The first-order chi connectivity index (χ1) is 15.9. The molecule has 2 saturated heterocycles. The fourth-order valence-electron chi connectivity index (χ4n) is 4.47. The Bertz CT molecular complexity index is 955. The molecule has 0 N–H and O–H groups in total. The van der Waals surface area contributed by atoms with Crippen LogP contribution in [0.3, 0.4) is 0 Å². The number of likely N-dealkylation sites (tertiary alicyclic amines) is 1. The number of aromatic nitrogens is 2. The van der Waals surface area contributed by atoms with Gasteiger partial charge in [0.2, 0.25) is 5.91 Å². The van der Waals surface area contributed by atoms with Crippen molar-refractivity contribution in [2.75, 3.05) is 46.3 Å². The summed E-state index contributed by atoms with van der Waals surface area (Å²) in [6.45, 7) is 6.77. The van der Waals surface area contributed by atoms with E-state index >= 15 is 0 Å². The normalized spacial score (nSPS) is 21.8. The molecule has 0 saturated carbocycles. The SMILES string of the molecule is CCn1cc(C(=O)N2CC[C@H](Oc3ccc(F)cc3)[C@@H](CC(=O)N3CCN(C)CC3)C2)cn1. The number of piperidine rings is 1. The highest BCUT2D eigenvalue weighted by Crippen LogP contribution is 2.27. The zero-order valence-electron chi connectivity index (χ0n) is 19.3. The minimum absolute atomic E-state index is 0.0769. The fourth-order valence-corrected chi connectivity index (χ4v) is 4.47. The highest BCUT2D eigenvalue weighted by atomic mass is 19.1. The van der Waals surface area contributed by atoms with E-state index in [1.165, 1.54) is 12.1 Å². The lowest BCUT2D eigenvalue weighted by Gasteiger charge is -2.39. The highest BCUT2D eigenvalue weighted by Gasteiger charge is 2.36. The first-order valence-corrected chi connectivity index (χ1v) is 11.6. The van der Waals surface area contributed by atoms with Crippen LogP contribution in [0.2, 0.25) is 0 Å². The third-order valence-corrected chi connectivity index (χ3v) is 6.55. The zero-order chi connectivity index (χ0) is 23.4. The summed E-state index contributed by atoms with van der Waals surface area (Å²) in [5.41, 5.74) is 0.555. The Morgan fingerprint density at radius 1 is 1.09 bits per heavy atom. The molecule has 3 heterocycles. The largest absolute Gasteiger partial charge is 0.490 e. The van der Waals surface area contributed by atoms with Crippen molar-refractivity contribution in [2.45, 2.75) is 32.4 Å². The number of amides is 2. The number of piperazine rings is 1. The van der Waals surface area contributed by atoms with Gasteiger partial charge in [-0.1, -0.05) is 0 Å². The Labute approximate surface area is 193 Å². The van der Waals surface area contributed by atoms with Gasteiger partial charge in [-0.25, -0.2) is 4.39 Å². The predicted molar refractivity (Wildman–Crippen MR) is 121 cm³/mol. The number of hydrogen-bond acceptors (Lipinski definition) is 5. The number of hydrogen-bond donors (Lipinski definition) is 0.